The molecular formula is C16H21N3. The third-order valence-corrected chi connectivity index (χ3v) is 3.17. The lowest BCUT2D eigenvalue weighted by Gasteiger charge is -2.17. The molecule has 2 aromatic rings. The first-order valence-electron chi connectivity index (χ1n) is 6.93. The second-order valence-corrected chi connectivity index (χ2v) is 4.67. The fourth-order valence-corrected chi connectivity index (χ4v) is 2.14. The van der Waals surface area contributed by atoms with Crippen LogP contribution >= 0.6 is 0 Å². The van der Waals surface area contributed by atoms with Gasteiger partial charge < -0.3 is 5.32 Å². The first kappa shape index (κ1) is 13.7. The van der Waals surface area contributed by atoms with Crippen molar-refractivity contribution in [2.24, 2.45) is 0 Å². The second-order valence-electron chi connectivity index (χ2n) is 4.67. The highest BCUT2D eigenvalue weighted by atomic mass is 14.9. The summed E-state index contributed by atoms with van der Waals surface area (Å²) < 4.78 is 0. The number of hydrogen-bond donors (Lipinski definition) is 1. The Hall–Kier alpha value is -1.74. The maximum Gasteiger partial charge on any atom is 0.115 e. The predicted octanol–water partition coefficient (Wildman–Crippen LogP) is 3.15. The van der Waals surface area contributed by atoms with Crippen LogP contribution in [0.25, 0.3) is 0 Å². The van der Waals surface area contributed by atoms with Crippen LogP contribution in [-0.2, 0) is 6.42 Å². The summed E-state index contributed by atoms with van der Waals surface area (Å²) in [7, 11) is 0. The van der Waals surface area contributed by atoms with E-state index < -0.39 is 0 Å². The van der Waals surface area contributed by atoms with E-state index in [2.05, 4.69) is 52.5 Å². The molecule has 0 aliphatic rings. The highest BCUT2D eigenvalue weighted by Crippen LogP contribution is 2.16. The summed E-state index contributed by atoms with van der Waals surface area (Å²) in [4.78, 5) is 8.36. The van der Waals surface area contributed by atoms with Crippen molar-refractivity contribution in [1.29, 1.82) is 0 Å². The van der Waals surface area contributed by atoms with Gasteiger partial charge in [-0.1, -0.05) is 37.3 Å². The molecule has 1 aromatic heterocycles. The third kappa shape index (κ3) is 4.45. The van der Waals surface area contributed by atoms with Crippen molar-refractivity contribution in [2.45, 2.75) is 32.2 Å². The average Bonchev–Trinajstić information content (AvgIpc) is 2.49. The molecule has 0 fully saturated rings. The highest BCUT2D eigenvalue weighted by molar-refractivity contribution is 5.15. The predicted molar refractivity (Wildman–Crippen MR) is 77.8 cm³/mol. The van der Waals surface area contributed by atoms with E-state index >= 15 is 0 Å². The first-order valence-corrected chi connectivity index (χ1v) is 6.93. The molecule has 0 amide bonds. The van der Waals surface area contributed by atoms with E-state index in [1.54, 1.807) is 6.33 Å². The van der Waals surface area contributed by atoms with Crippen LogP contribution in [0.4, 0.5) is 0 Å². The van der Waals surface area contributed by atoms with E-state index in [0.29, 0.717) is 6.04 Å². The van der Waals surface area contributed by atoms with Crippen LogP contribution in [0.1, 0.15) is 37.1 Å². The first-order chi connectivity index (χ1) is 9.40. The standard InChI is InChI=1S/C16H21N3/c1-2-11-18-15(16-10-12-17-13-19-16)9-8-14-6-4-3-5-7-14/h3-7,10,12-13,15,18H,2,8-9,11H2,1H3. The van der Waals surface area contributed by atoms with Gasteiger partial charge in [0.15, 0.2) is 0 Å². The minimum atomic E-state index is 0.308. The minimum Gasteiger partial charge on any atom is -0.309 e. The molecule has 1 unspecified atom stereocenters. The van der Waals surface area contributed by atoms with Crippen molar-refractivity contribution < 1.29 is 0 Å². The minimum absolute atomic E-state index is 0.308. The normalized spacial score (nSPS) is 12.3. The molecule has 2 rings (SSSR count). The smallest absolute Gasteiger partial charge is 0.115 e. The van der Waals surface area contributed by atoms with Crippen LogP contribution < -0.4 is 5.32 Å². The highest BCUT2D eigenvalue weighted by Gasteiger charge is 2.11. The average molecular weight is 255 g/mol. The molecule has 0 spiro atoms. The number of nitrogens with one attached hydrogen (secondary N) is 1. The second kappa shape index (κ2) is 7.64. The van der Waals surface area contributed by atoms with Gasteiger partial charge in [-0.2, -0.15) is 0 Å². The topological polar surface area (TPSA) is 37.8 Å². The van der Waals surface area contributed by atoms with Crippen LogP contribution in [0.15, 0.2) is 48.9 Å². The number of nitrogens with zero attached hydrogens (tertiary/aromatic N) is 2. The van der Waals surface area contributed by atoms with Gasteiger partial charge in [0.25, 0.3) is 0 Å². The van der Waals surface area contributed by atoms with Gasteiger partial charge in [-0.3, -0.25) is 0 Å². The number of benzene rings is 1. The van der Waals surface area contributed by atoms with Gasteiger partial charge >= 0.3 is 0 Å². The van der Waals surface area contributed by atoms with E-state index in [0.717, 1.165) is 31.5 Å². The summed E-state index contributed by atoms with van der Waals surface area (Å²) in [5.74, 6) is 0. The van der Waals surface area contributed by atoms with Gasteiger partial charge in [0.05, 0.1) is 5.69 Å². The van der Waals surface area contributed by atoms with Gasteiger partial charge in [-0.15, -0.1) is 0 Å². The molecule has 0 bridgehead atoms. The van der Waals surface area contributed by atoms with Crippen molar-refractivity contribution in [3.05, 3.63) is 60.2 Å². The Morgan fingerprint density at radius 2 is 2.00 bits per heavy atom. The van der Waals surface area contributed by atoms with Crippen molar-refractivity contribution in [3.63, 3.8) is 0 Å². The summed E-state index contributed by atoms with van der Waals surface area (Å²) in [5.41, 5.74) is 2.46. The zero-order valence-corrected chi connectivity index (χ0v) is 11.4. The van der Waals surface area contributed by atoms with Crippen LogP contribution in [0, 0.1) is 0 Å². The Bertz CT molecular complexity index is 456. The van der Waals surface area contributed by atoms with E-state index in [1.165, 1.54) is 5.56 Å². The fourth-order valence-electron chi connectivity index (χ4n) is 2.14. The summed E-state index contributed by atoms with van der Waals surface area (Å²) in [5, 5.41) is 3.57. The molecule has 0 saturated carbocycles. The third-order valence-electron chi connectivity index (χ3n) is 3.17. The number of rotatable bonds is 7. The summed E-state index contributed by atoms with van der Waals surface area (Å²) in [6.07, 6.45) is 6.68. The Balaban J connectivity index is 1.98. The lowest BCUT2D eigenvalue weighted by molar-refractivity contribution is 0.488. The van der Waals surface area contributed by atoms with Gasteiger partial charge in [-0.25, -0.2) is 9.97 Å². The molecule has 19 heavy (non-hydrogen) atoms. The SMILES string of the molecule is CCCNC(CCc1ccccc1)c1ccncn1. The summed E-state index contributed by atoms with van der Waals surface area (Å²) in [6.45, 7) is 3.20. The molecule has 1 heterocycles. The Kier molecular flexibility index (Phi) is 5.50. The Labute approximate surface area is 115 Å². The van der Waals surface area contributed by atoms with Gasteiger partial charge in [0, 0.05) is 12.2 Å². The molecular weight excluding hydrogens is 234 g/mol. The zero-order valence-electron chi connectivity index (χ0n) is 11.4. The number of aromatic nitrogens is 2. The molecule has 0 aliphatic carbocycles. The molecule has 1 atom stereocenters. The molecule has 0 saturated heterocycles. The lowest BCUT2D eigenvalue weighted by Crippen LogP contribution is -2.23. The van der Waals surface area contributed by atoms with Crippen LogP contribution in [-0.4, -0.2) is 16.5 Å². The maximum atomic E-state index is 4.37. The monoisotopic (exact) mass is 255 g/mol. The molecule has 1 aromatic carbocycles. The van der Waals surface area contributed by atoms with Gasteiger partial charge in [-0.05, 0) is 37.4 Å². The van der Waals surface area contributed by atoms with Crippen molar-refractivity contribution >= 4 is 0 Å². The fraction of sp³-hybridized carbons (Fsp3) is 0.375. The van der Waals surface area contributed by atoms with Crippen molar-refractivity contribution in [3.8, 4) is 0 Å². The van der Waals surface area contributed by atoms with Crippen molar-refractivity contribution in [2.75, 3.05) is 6.54 Å². The van der Waals surface area contributed by atoms with E-state index in [-0.39, 0.29) is 0 Å². The summed E-state index contributed by atoms with van der Waals surface area (Å²) >= 11 is 0. The van der Waals surface area contributed by atoms with Gasteiger partial charge in [0.2, 0.25) is 0 Å². The quantitative estimate of drug-likeness (QED) is 0.826. The molecule has 0 radical (unpaired) electrons. The lowest BCUT2D eigenvalue weighted by atomic mass is 10.0. The summed E-state index contributed by atoms with van der Waals surface area (Å²) in [6, 6.07) is 12.9. The number of aryl methyl sites for hydroxylation is 1. The zero-order chi connectivity index (χ0) is 13.3. The number of hydrogen-bond acceptors (Lipinski definition) is 3. The Morgan fingerprint density at radius 1 is 1.16 bits per heavy atom. The van der Waals surface area contributed by atoms with E-state index in [9.17, 15) is 0 Å². The molecule has 1 N–H and O–H groups in total. The maximum absolute atomic E-state index is 4.37. The molecule has 100 valence electrons. The largest absolute Gasteiger partial charge is 0.309 e. The van der Waals surface area contributed by atoms with Crippen LogP contribution in [0.2, 0.25) is 0 Å². The van der Waals surface area contributed by atoms with Crippen LogP contribution in [0.5, 0.6) is 0 Å². The van der Waals surface area contributed by atoms with E-state index in [4.69, 9.17) is 0 Å². The van der Waals surface area contributed by atoms with E-state index in [1.807, 2.05) is 12.3 Å². The van der Waals surface area contributed by atoms with Gasteiger partial charge in [0.1, 0.15) is 6.33 Å². The molecule has 3 nitrogen and oxygen atoms in total. The molecule has 3 heteroatoms. The molecule has 0 aliphatic heterocycles. The van der Waals surface area contributed by atoms with Crippen LogP contribution in [0.3, 0.4) is 0 Å². The Morgan fingerprint density at radius 3 is 2.68 bits per heavy atom. The van der Waals surface area contributed by atoms with Crippen molar-refractivity contribution in [1.82, 2.24) is 15.3 Å².